The Balaban J connectivity index is 1.94. The number of nitrogens with one attached hydrogen (secondary N) is 2. The maximum atomic E-state index is 11.9. The van der Waals surface area contributed by atoms with Gasteiger partial charge in [0.05, 0.1) is 6.54 Å². The van der Waals surface area contributed by atoms with Crippen LogP contribution in [0.4, 0.5) is 4.79 Å². The minimum atomic E-state index is -0.916. The molecule has 1 spiro atoms. The average molecular weight is 254 g/mol. The number of urea groups is 1. The maximum Gasteiger partial charge on any atom is 0.322 e. The summed E-state index contributed by atoms with van der Waals surface area (Å²) in [4.78, 5) is 36.4. The fourth-order valence-corrected chi connectivity index (χ4v) is 2.35. The van der Waals surface area contributed by atoms with Crippen molar-refractivity contribution in [3.05, 3.63) is 0 Å². The van der Waals surface area contributed by atoms with Crippen LogP contribution in [0.1, 0.15) is 26.2 Å². The molecule has 2 heterocycles. The molecule has 0 aliphatic carbocycles. The molecular weight excluding hydrogens is 236 g/mol. The van der Waals surface area contributed by atoms with E-state index in [1.807, 2.05) is 6.92 Å². The van der Waals surface area contributed by atoms with Crippen molar-refractivity contribution in [2.45, 2.75) is 37.8 Å². The summed E-state index contributed by atoms with van der Waals surface area (Å²) in [5.74, 6) is -0.354. The molecule has 2 fully saturated rings. The van der Waals surface area contributed by atoms with E-state index in [1.165, 1.54) is 0 Å². The van der Waals surface area contributed by atoms with Gasteiger partial charge in [-0.3, -0.25) is 14.9 Å². The van der Waals surface area contributed by atoms with Crippen LogP contribution in [0, 0.1) is 0 Å². The van der Waals surface area contributed by atoms with Crippen molar-refractivity contribution in [3.63, 3.8) is 0 Å². The van der Waals surface area contributed by atoms with Crippen molar-refractivity contribution in [2.24, 2.45) is 5.73 Å². The predicted molar refractivity (Wildman–Crippen MR) is 63.5 cm³/mol. The lowest BCUT2D eigenvalue weighted by atomic mass is 9.99. The number of likely N-dealkylation sites (tertiary alicyclic amines) is 1. The Kier molecular flexibility index (Phi) is 3.25. The van der Waals surface area contributed by atoms with Gasteiger partial charge < -0.3 is 16.0 Å². The third kappa shape index (κ3) is 2.31. The third-order valence-corrected chi connectivity index (χ3v) is 3.45. The Bertz CT molecular complexity index is 396. The second-order valence-electron chi connectivity index (χ2n) is 5.07. The molecule has 2 aliphatic heterocycles. The van der Waals surface area contributed by atoms with Crippen LogP contribution in [0.5, 0.6) is 0 Å². The number of hydrogen-bond acceptors (Lipinski definition) is 4. The highest BCUT2D eigenvalue weighted by Crippen LogP contribution is 2.25. The third-order valence-electron chi connectivity index (χ3n) is 3.45. The summed E-state index contributed by atoms with van der Waals surface area (Å²) in [7, 11) is 0. The first-order valence-electron chi connectivity index (χ1n) is 6.10. The molecule has 100 valence electrons. The zero-order valence-corrected chi connectivity index (χ0v) is 10.4. The van der Waals surface area contributed by atoms with Gasteiger partial charge in [-0.15, -0.1) is 0 Å². The van der Waals surface area contributed by atoms with Gasteiger partial charge in [-0.2, -0.15) is 0 Å². The van der Waals surface area contributed by atoms with Gasteiger partial charge in [-0.05, 0) is 19.8 Å². The molecule has 2 rings (SSSR count). The van der Waals surface area contributed by atoms with Crippen molar-refractivity contribution in [3.8, 4) is 0 Å². The quantitative estimate of drug-likeness (QED) is 0.557. The molecule has 0 saturated carbocycles. The SMILES string of the molecule is CC(N)CCC(=O)N1CCC2(C1)NC(=O)NC2=O. The fraction of sp³-hybridized carbons (Fsp3) is 0.727. The van der Waals surface area contributed by atoms with E-state index in [0.717, 1.165) is 0 Å². The normalized spacial score (nSPS) is 28.4. The molecule has 2 aliphatic rings. The van der Waals surface area contributed by atoms with Gasteiger partial charge in [0.25, 0.3) is 5.91 Å². The van der Waals surface area contributed by atoms with Gasteiger partial charge in [0.15, 0.2) is 0 Å². The zero-order valence-electron chi connectivity index (χ0n) is 10.4. The summed E-state index contributed by atoms with van der Waals surface area (Å²) in [6, 6.07) is -0.495. The standard InChI is InChI=1S/C11H18N4O3/c1-7(12)2-3-8(16)15-5-4-11(6-15)9(17)13-10(18)14-11/h7H,2-6,12H2,1H3,(H2,13,14,17,18). The number of amides is 4. The van der Waals surface area contributed by atoms with Gasteiger partial charge in [0.2, 0.25) is 5.91 Å². The number of nitrogens with two attached hydrogens (primary N) is 1. The van der Waals surface area contributed by atoms with Crippen LogP contribution in [0.2, 0.25) is 0 Å². The lowest BCUT2D eigenvalue weighted by Gasteiger charge is -2.21. The zero-order chi connectivity index (χ0) is 13.3. The molecule has 0 radical (unpaired) electrons. The molecule has 0 aromatic rings. The first kappa shape index (κ1) is 12.8. The first-order valence-corrected chi connectivity index (χ1v) is 6.10. The summed E-state index contributed by atoms with van der Waals surface area (Å²) in [5, 5.41) is 4.82. The van der Waals surface area contributed by atoms with E-state index in [-0.39, 0.29) is 24.4 Å². The van der Waals surface area contributed by atoms with Gasteiger partial charge in [-0.1, -0.05) is 0 Å². The van der Waals surface area contributed by atoms with Crippen LogP contribution in [-0.2, 0) is 9.59 Å². The van der Waals surface area contributed by atoms with Crippen molar-refractivity contribution in [1.82, 2.24) is 15.5 Å². The molecule has 4 N–H and O–H groups in total. The monoisotopic (exact) mass is 254 g/mol. The van der Waals surface area contributed by atoms with Crippen LogP contribution >= 0.6 is 0 Å². The molecular formula is C11H18N4O3. The fourth-order valence-electron chi connectivity index (χ4n) is 2.35. The van der Waals surface area contributed by atoms with Crippen molar-refractivity contribution >= 4 is 17.8 Å². The first-order chi connectivity index (χ1) is 8.43. The smallest absolute Gasteiger partial charge is 0.322 e. The van der Waals surface area contributed by atoms with E-state index in [1.54, 1.807) is 4.90 Å². The Morgan fingerprint density at radius 3 is 2.83 bits per heavy atom. The van der Waals surface area contributed by atoms with Crippen LogP contribution in [0.15, 0.2) is 0 Å². The molecule has 7 nitrogen and oxygen atoms in total. The highest BCUT2D eigenvalue weighted by atomic mass is 16.2. The minimum absolute atomic E-state index is 0.0139. The van der Waals surface area contributed by atoms with E-state index in [4.69, 9.17) is 5.73 Å². The number of hydrogen-bond donors (Lipinski definition) is 3. The molecule has 4 amide bonds. The summed E-state index contributed by atoms with van der Waals surface area (Å²) in [6.45, 7) is 2.59. The van der Waals surface area contributed by atoms with E-state index in [9.17, 15) is 14.4 Å². The van der Waals surface area contributed by atoms with Gasteiger partial charge >= 0.3 is 6.03 Å². The largest absolute Gasteiger partial charge is 0.340 e. The summed E-state index contributed by atoms with van der Waals surface area (Å²) < 4.78 is 0. The van der Waals surface area contributed by atoms with Crippen LogP contribution in [0.25, 0.3) is 0 Å². The molecule has 2 saturated heterocycles. The van der Waals surface area contributed by atoms with Crippen molar-refractivity contribution < 1.29 is 14.4 Å². The second kappa shape index (κ2) is 4.56. The van der Waals surface area contributed by atoms with E-state index < -0.39 is 11.6 Å². The van der Waals surface area contributed by atoms with Crippen LogP contribution in [-0.4, -0.2) is 47.4 Å². The summed E-state index contributed by atoms with van der Waals surface area (Å²) in [6.07, 6.45) is 1.47. The van der Waals surface area contributed by atoms with Crippen LogP contribution in [0.3, 0.4) is 0 Å². The molecule has 2 unspecified atom stereocenters. The minimum Gasteiger partial charge on any atom is -0.340 e. The number of nitrogens with zero attached hydrogens (tertiary/aromatic N) is 1. The Morgan fingerprint density at radius 1 is 1.56 bits per heavy atom. The van der Waals surface area contributed by atoms with Crippen molar-refractivity contribution in [1.29, 1.82) is 0 Å². The molecule has 18 heavy (non-hydrogen) atoms. The average Bonchev–Trinajstić information content (AvgIpc) is 2.81. The summed E-state index contributed by atoms with van der Waals surface area (Å²) >= 11 is 0. The number of rotatable bonds is 3. The van der Waals surface area contributed by atoms with Crippen LogP contribution < -0.4 is 16.4 Å². The second-order valence-corrected chi connectivity index (χ2v) is 5.07. The predicted octanol–water partition coefficient (Wildman–Crippen LogP) is -1.08. The molecule has 2 atom stereocenters. The lowest BCUT2D eigenvalue weighted by Crippen LogP contribution is -2.49. The molecule has 0 aromatic carbocycles. The number of carbonyl (C=O) groups is 3. The van der Waals surface area contributed by atoms with Gasteiger partial charge in [0, 0.05) is 19.0 Å². The van der Waals surface area contributed by atoms with E-state index in [0.29, 0.717) is 25.8 Å². The molecule has 7 heteroatoms. The Labute approximate surface area is 105 Å². The van der Waals surface area contributed by atoms with Gasteiger partial charge in [-0.25, -0.2) is 4.79 Å². The van der Waals surface area contributed by atoms with E-state index >= 15 is 0 Å². The molecule has 0 bridgehead atoms. The lowest BCUT2D eigenvalue weighted by molar-refractivity contribution is -0.131. The highest BCUT2D eigenvalue weighted by molar-refractivity contribution is 6.07. The Hall–Kier alpha value is -1.63. The summed E-state index contributed by atoms with van der Waals surface area (Å²) in [5.41, 5.74) is 4.69. The Morgan fingerprint density at radius 2 is 2.28 bits per heavy atom. The van der Waals surface area contributed by atoms with Gasteiger partial charge in [0.1, 0.15) is 5.54 Å². The molecule has 0 aromatic heterocycles. The topological polar surface area (TPSA) is 105 Å². The highest BCUT2D eigenvalue weighted by Gasteiger charge is 2.51. The number of carbonyl (C=O) groups excluding carboxylic acids is 3. The number of imide groups is 1. The van der Waals surface area contributed by atoms with E-state index in [2.05, 4.69) is 10.6 Å². The van der Waals surface area contributed by atoms with Crippen molar-refractivity contribution in [2.75, 3.05) is 13.1 Å². The maximum absolute atomic E-state index is 11.9.